The molecule has 0 radical (unpaired) electrons. The molecule has 2 aromatic heterocycles. The van der Waals surface area contributed by atoms with E-state index in [2.05, 4.69) is 20.8 Å². The van der Waals surface area contributed by atoms with Gasteiger partial charge in [-0.3, -0.25) is 9.59 Å². The number of rotatable bonds is 7. The summed E-state index contributed by atoms with van der Waals surface area (Å²) in [6, 6.07) is 8.71. The molecule has 0 saturated heterocycles. The molecule has 1 aromatic carbocycles. The van der Waals surface area contributed by atoms with Crippen LogP contribution in [0.4, 0.5) is 10.1 Å². The molecule has 8 nitrogen and oxygen atoms in total. The molecule has 140 valence electrons. The fourth-order valence-corrected chi connectivity index (χ4v) is 2.87. The Hall–Kier alpha value is -3.14. The third-order valence-electron chi connectivity index (χ3n) is 3.54. The lowest BCUT2D eigenvalue weighted by atomic mass is 10.3. The highest BCUT2D eigenvalue weighted by Gasteiger charge is 2.14. The van der Waals surface area contributed by atoms with Gasteiger partial charge in [-0.1, -0.05) is 11.8 Å². The number of halogens is 1. The summed E-state index contributed by atoms with van der Waals surface area (Å²) in [6.07, 6.45) is 1.42. The van der Waals surface area contributed by atoms with Gasteiger partial charge in [0, 0.05) is 12.7 Å². The van der Waals surface area contributed by atoms with Crippen LogP contribution in [-0.2, 0) is 18.4 Å². The molecule has 2 heterocycles. The lowest BCUT2D eigenvalue weighted by molar-refractivity contribution is -0.113. The molecule has 0 aliphatic rings. The summed E-state index contributed by atoms with van der Waals surface area (Å²) in [5.41, 5.74) is 0.515. The fraction of sp³-hybridized carbons (Fsp3) is 0.176. The normalized spacial score (nSPS) is 10.6. The molecule has 0 saturated carbocycles. The number of carbonyl (C=O) groups is 2. The molecular weight excluding hydrogens is 373 g/mol. The smallest absolute Gasteiger partial charge is 0.287 e. The first-order valence-corrected chi connectivity index (χ1v) is 8.89. The first-order chi connectivity index (χ1) is 13.0. The zero-order valence-electron chi connectivity index (χ0n) is 14.3. The highest BCUT2D eigenvalue weighted by molar-refractivity contribution is 7.99. The molecule has 3 aromatic rings. The van der Waals surface area contributed by atoms with Gasteiger partial charge in [0.25, 0.3) is 5.91 Å². The van der Waals surface area contributed by atoms with Crippen LogP contribution in [0.5, 0.6) is 0 Å². The van der Waals surface area contributed by atoms with Crippen molar-refractivity contribution in [2.24, 2.45) is 7.05 Å². The summed E-state index contributed by atoms with van der Waals surface area (Å²) in [6.45, 7) is 0.172. The largest absolute Gasteiger partial charge is 0.459 e. The van der Waals surface area contributed by atoms with E-state index in [1.165, 1.54) is 42.3 Å². The van der Waals surface area contributed by atoms with Crippen LogP contribution < -0.4 is 10.6 Å². The molecular formula is C17H16FN5O3S. The van der Waals surface area contributed by atoms with Crippen molar-refractivity contribution >= 4 is 29.3 Å². The minimum absolute atomic E-state index is 0.113. The van der Waals surface area contributed by atoms with Crippen molar-refractivity contribution in [3.63, 3.8) is 0 Å². The molecule has 0 aliphatic carbocycles. The number of aromatic nitrogens is 3. The second kappa shape index (κ2) is 8.49. The van der Waals surface area contributed by atoms with E-state index >= 15 is 0 Å². The Balaban J connectivity index is 1.50. The molecule has 0 unspecified atom stereocenters. The quantitative estimate of drug-likeness (QED) is 0.601. The molecule has 27 heavy (non-hydrogen) atoms. The predicted molar refractivity (Wildman–Crippen MR) is 96.6 cm³/mol. The topological polar surface area (TPSA) is 102 Å². The number of nitrogens with zero attached hydrogens (tertiary/aromatic N) is 3. The van der Waals surface area contributed by atoms with Gasteiger partial charge in [0.2, 0.25) is 5.91 Å². The minimum atomic E-state index is -0.367. The third kappa shape index (κ3) is 4.94. The van der Waals surface area contributed by atoms with Crippen molar-refractivity contribution in [2.45, 2.75) is 11.7 Å². The predicted octanol–water partition coefficient (Wildman–Crippen LogP) is 2.21. The first-order valence-electron chi connectivity index (χ1n) is 7.91. The number of nitrogens with one attached hydrogen (secondary N) is 2. The Kier molecular flexibility index (Phi) is 5.87. The lowest BCUT2D eigenvalue weighted by Gasteiger charge is -2.06. The van der Waals surface area contributed by atoms with Crippen LogP contribution >= 0.6 is 11.8 Å². The summed E-state index contributed by atoms with van der Waals surface area (Å²) in [7, 11) is 1.74. The number of hydrogen-bond acceptors (Lipinski definition) is 6. The SMILES string of the molecule is Cn1c(CNC(=O)c2ccco2)nnc1SCC(=O)Nc1ccc(F)cc1. The Morgan fingerprint density at radius 1 is 1.22 bits per heavy atom. The molecule has 0 bridgehead atoms. The van der Waals surface area contributed by atoms with Gasteiger partial charge in [0.05, 0.1) is 18.6 Å². The van der Waals surface area contributed by atoms with Crippen molar-refractivity contribution in [3.05, 3.63) is 60.1 Å². The van der Waals surface area contributed by atoms with Crippen LogP contribution in [0.25, 0.3) is 0 Å². The number of benzene rings is 1. The van der Waals surface area contributed by atoms with E-state index in [1.807, 2.05) is 0 Å². The first kappa shape index (κ1) is 18.6. The summed E-state index contributed by atoms with van der Waals surface area (Å²) in [4.78, 5) is 23.8. The number of carbonyl (C=O) groups excluding carboxylic acids is 2. The molecule has 3 rings (SSSR count). The average Bonchev–Trinajstić information content (AvgIpc) is 3.31. The number of furan rings is 1. The number of thioether (sulfide) groups is 1. The summed E-state index contributed by atoms with van der Waals surface area (Å²) >= 11 is 1.20. The van der Waals surface area contributed by atoms with E-state index < -0.39 is 0 Å². The Morgan fingerprint density at radius 3 is 2.70 bits per heavy atom. The van der Waals surface area contributed by atoms with Crippen LogP contribution in [0.2, 0.25) is 0 Å². The molecule has 0 spiro atoms. The molecule has 0 aliphatic heterocycles. The minimum Gasteiger partial charge on any atom is -0.459 e. The van der Waals surface area contributed by atoms with Gasteiger partial charge in [-0.25, -0.2) is 4.39 Å². The average molecular weight is 389 g/mol. The van der Waals surface area contributed by atoms with Gasteiger partial charge in [-0.05, 0) is 36.4 Å². The Morgan fingerprint density at radius 2 is 2.00 bits per heavy atom. The van der Waals surface area contributed by atoms with Crippen molar-refractivity contribution < 1.29 is 18.4 Å². The second-order valence-electron chi connectivity index (χ2n) is 5.46. The van der Waals surface area contributed by atoms with E-state index in [0.717, 1.165) is 0 Å². The molecule has 0 atom stereocenters. The van der Waals surface area contributed by atoms with Gasteiger partial charge in [0.1, 0.15) is 5.82 Å². The van der Waals surface area contributed by atoms with E-state index in [-0.39, 0.29) is 35.7 Å². The molecule has 10 heteroatoms. The van der Waals surface area contributed by atoms with Crippen molar-refractivity contribution in [1.29, 1.82) is 0 Å². The van der Waals surface area contributed by atoms with Gasteiger partial charge in [-0.2, -0.15) is 0 Å². The van der Waals surface area contributed by atoms with Gasteiger partial charge < -0.3 is 19.6 Å². The highest BCUT2D eigenvalue weighted by atomic mass is 32.2. The number of anilines is 1. The zero-order chi connectivity index (χ0) is 19.2. The van der Waals surface area contributed by atoms with Crippen molar-refractivity contribution in [1.82, 2.24) is 20.1 Å². The standard InChI is InChI=1S/C17H16FN5O3S/c1-23-14(9-19-16(25)13-3-2-8-26-13)21-22-17(23)27-10-15(24)20-12-6-4-11(18)5-7-12/h2-8H,9-10H2,1H3,(H,19,25)(H,20,24). The van der Waals surface area contributed by atoms with Crippen LogP contribution in [-0.4, -0.2) is 32.3 Å². The highest BCUT2D eigenvalue weighted by Crippen LogP contribution is 2.16. The lowest BCUT2D eigenvalue weighted by Crippen LogP contribution is -2.24. The van der Waals surface area contributed by atoms with E-state index in [1.54, 1.807) is 23.7 Å². The molecule has 2 N–H and O–H groups in total. The monoisotopic (exact) mass is 389 g/mol. The van der Waals surface area contributed by atoms with Crippen molar-refractivity contribution in [3.8, 4) is 0 Å². The van der Waals surface area contributed by atoms with E-state index in [0.29, 0.717) is 16.7 Å². The maximum atomic E-state index is 12.9. The Labute approximate surface area is 158 Å². The van der Waals surface area contributed by atoms with E-state index in [4.69, 9.17) is 4.42 Å². The maximum absolute atomic E-state index is 12.9. The van der Waals surface area contributed by atoms with Crippen LogP contribution in [0, 0.1) is 5.82 Å². The van der Waals surface area contributed by atoms with Crippen LogP contribution in [0.15, 0.2) is 52.2 Å². The van der Waals surface area contributed by atoms with Gasteiger partial charge in [0.15, 0.2) is 16.7 Å². The van der Waals surface area contributed by atoms with Crippen LogP contribution in [0.3, 0.4) is 0 Å². The maximum Gasteiger partial charge on any atom is 0.287 e. The number of hydrogen-bond donors (Lipinski definition) is 2. The Bertz CT molecular complexity index is 925. The summed E-state index contributed by atoms with van der Waals surface area (Å²) in [5, 5.41) is 13.9. The fourth-order valence-electron chi connectivity index (χ4n) is 2.14. The van der Waals surface area contributed by atoms with E-state index in [9.17, 15) is 14.0 Å². The zero-order valence-corrected chi connectivity index (χ0v) is 15.1. The second-order valence-corrected chi connectivity index (χ2v) is 6.40. The van der Waals surface area contributed by atoms with Crippen LogP contribution in [0.1, 0.15) is 16.4 Å². The van der Waals surface area contributed by atoms with Gasteiger partial charge in [-0.15, -0.1) is 10.2 Å². The molecule has 0 fully saturated rings. The summed E-state index contributed by atoms with van der Waals surface area (Å²) < 4.78 is 19.6. The third-order valence-corrected chi connectivity index (χ3v) is 4.56. The van der Waals surface area contributed by atoms with Crippen molar-refractivity contribution in [2.75, 3.05) is 11.1 Å². The summed E-state index contributed by atoms with van der Waals surface area (Å²) in [5.74, 6) is -0.103. The number of amides is 2. The van der Waals surface area contributed by atoms with Gasteiger partial charge >= 0.3 is 0 Å². The molecule has 2 amide bonds.